The van der Waals surface area contributed by atoms with Gasteiger partial charge in [-0.05, 0) is 31.2 Å². The Kier molecular flexibility index (Phi) is 6.37. The number of benzene rings is 1. The van der Waals surface area contributed by atoms with Gasteiger partial charge in [0, 0.05) is 45.3 Å². The topological polar surface area (TPSA) is 69.7 Å². The number of carbonyl (C=O) groups is 1. The number of hydrogen-bond donors (Lipinski definition) is 1. The van der Waals surface area contributed by atoms with E-state index in [1.54, 1.807) is 12.1 Å². The molecule has 1 aromatic carbocycles. The van der Waals surface area contributed by atoms with Crippen LogP contribution in [0.3, 0.4) is 0 Å². The van der Waals surface area contributed by atoms with Gasteiger partial charge in [0.2, 0.25) is 10.0 Å². The van der Waals surface area contributed by atoms with E-state index in [9.17, 15) is 13.2 Å². The predicted octanol–water partition coefficient (Wildman–Crippen LogP) is 0.793. The number of hydrogen-bond acceptors (Lipinski definition) is 4. The molecule has 1 saturated heterocycles. The van der Waals surface area contributed by atoms with Gasteiger partial charge in [0.05, 0.1) is 4.90 Å². The average molecular weight is 348 g/mol. The Morgan fingerprint density at radius 3 is 2.36 bits per heavy atom. The molecule has 0 aliphatic carbocycles. The largest absolute Gasteiger partial charge is 0.333 e. The van der Waals surface area contributed by atoms with Gasteiger partial charge in [0.25, 0.3) is 5.91 Å². The molecule has 22 heavy (non-hydrogen) atoms. The summed E-state index contributed by atoms with van der Waals surface area (Å²) in [5, 5.41) is 3.23. The Hall–Kier alpha value is -1.15. The monoisotopic (exact) mass is 347 g/mol. The molecule has 1 heterocycles. The fraction of sp³-hybridized carbons (Fsp3) is 0.500. The molecule has 124 valence electrons. The van der Waals surface area contributed by atoms with E-state index < -0.39 is 10.0 Å². The number of halogens is 1. The molecule has 0 saturated carbocycles. The second-order valence-corrected chi connectivity index (χ2v) is 7.52. The summed E-state index contributed by atoms with van der Waals surface area (Å²) < 4.78 is 25.1. The van der Waals surface area contributed by atoms with E-state index in [0.717, 1.165) is 17.4 Å². The molecule has 1 atom stereocenters. The van der Waals surface area contributed by atoms with Crippen molar-refractivity contribution < 1.29 is 13.2 Å². The Labute approximate surface area is 137 Å². The van der Waals surface area contributed by atoms with Crippen LogP contribution in [0.4, 0.5) is 0 Å². The first-order chi connectivity index (χ1) is 9.84. The summed E-state index contributed by atoms with van der Waals surface area (Å²) in [6.45, 7) is 4.22. The van der Waals surface area contributed by atoms with E-state index in [1.807, 2.05) is 11.8 Å². The van der Waals surface area contributed by atoms with E-state index in [1.165, 1.54) is 26.2 Å². The number of piperazine rings is 1. The second-order valence-electron chi connectivity index (χ2n) is 5.36. The highest BCUT2D eigenvalue weighted by Crippen LogP contribution is 2.16. The molecule has 0 aromatic heterocycles. The average Bonchev–Trinajstić information content (AvgIpc) is 2.47. The lowest BCUT2D eigenvalue weighted by atomic mass is 10.1. The number of nitrogens with one attached hydrogen (secondary N) is 1. The van der Waals surface area contributed by atoms with E-state index in [0.29, 0.717) is 12.1 Å². The van der Waals surface area contributed by atoms with Gasteiger partial charge in [-0.15, -0.1) is 12.4 Å². The molecular weight excluding hydrogens is 326 g/mol. The predicted molar refractivity (Wildman–Crippen MR) is 87.9 cm³/mol. The molecule has 1 amide bonds. The molecule has 0 unspecified atom stereocenters. The van der Waals surface area contributed by atoms with Crippen molar-refractivity contribution in [2.24, 2.45) is 0 Å². The highest BCUT2D eigenvalue weighted by molar-refractivity contribution is 7.89. The molecule has 1 fully saturated rings. The zero-order valence-electron chi connectivity index (χ0n) is 12.9. The third-order valence-corrected chi connectivity index (χ3v) is 5.47. The van der Waals surface area contributed by atoms with E-state index >= 15 is 0 Å². The van der Waals surface area contributed by atoms with Gasteiger partial charge >= 0.3 is 0 Å². The standard InChI is InChI=1S/C14H21N3O3S.ClH/c1-11-10-15-8-9-17(11)14(18)12-4-6-13(7-5-12)21(19,20)16(2)3;/h4-7,11,15H,8-10H2,1-3H3;1H/t11-;/m0./s1. The maximum atomic E-state index is 12.4. The van der Waals surface area contributed by atoms with Crippen LogP contribution in [0.5, 0.6) is 0 Å². The molecule has 1 aliphatic heterocycles. The van der Waals surface area contributed by atoms with E-state index in [4.69, 9.17) is 0 Å². The van der Waals surface area contributed by atoms with Crippen LogP contribution in [-0.4, -0.2) is 63.3 Å². The lowest BCUT2D eigenvalue weighted by molar-refractivity contribution is 0.0655. The molecule has 8 heteroatoms. The summed E-state index contributed by atoms with van der Waals surface area (Å²) in [5.41, 5.74) is 0.515. The first-order valence-electron chi connectivity index (χ1n) is 6.88. The van der Waals surface area contributed by atoms with Crippen molar-refractivity contribution in [3.8, 4) is 0 Å². The Morgan fingerprint density at radius 1 is 1.27 bits per heavy atom. The molecule has 2 rings (SSSR count). The number of amides is 1. The van der Waals surface area contributed by atoms with Crippen molar-refractivity contribution in [2.45, 2.75) is 17.9 Å². The Bertz CT molecular complexity index is 617. The number of nitrogens with zero attached hydrogens (tertiary/aromatic N) is 2. The van der Waals surface area contributed by atoms with Crippen LogP contribution < -0.4 is 5.32 Å². The SMILES string of the molecule is C[C@H]1CNCCN1C(=O)c1ccc(S(=O)(=O)N(C)C)cc1.Cl. The number of carbonyl (C=O) groups excluding carboxylic acids is 1. The highest BCUT2D eigenvalue weighted by Gasteiger charge is 2.24. The summed E-state index contributed by atoms with van der Waals surface area (Å²) in [4.78, 5) is 14.4. The van der Waals surface area contributed by atoms with Crippen LogP contribution in [0.1, 0.15) is 17.3 Å². The zero-order chi connectivity index (χ0) is 15.6. The lowest BCUT2D eigenvalue weighted by Crippen LogP contribution is -2.52. The molecule has 0 spiro atoms. The molecule has 1 aliphatic rings. The Morgan fingerprint density at radius 2 is 1.86 bits per heavy atom. The zero-order valence-corrected chi connectivity index (χ0v) is 14.6. The van der Waals surface area contributed by atoms with Crippen molar-refractivity contribution in [2.75, 3.05) is 33.7 Å². The summed E-state index contributed by atoms with van der Waals surface area (Å²) >= 11 is 0. The van der Waals surface area contributed by atoms with Gasteiger partial charge in [-0.1, -0.05) is 0 Å². The quantitative estimate of drug-likeness (QED) is 0.877. The third-order valence-electron chi connectivity index (χ3n) is 3.64. The fourth-order valence-electron chi connectivity index (χ4n) is 2.29. The van der Waals surface area contributed by atoms with E-state index in [2.05, 4.69) is 5.32 Å². The molecule has 1 N–H and O–H groups in total. The van der Waals surface area contributed by atoms with Crippen molar-refractivity contribution in [3.63, 3.8) is 0 Å². The Balaban J connectivity index is 0.00000242. The van der Waals surface area contributed by atoms with Gasteiger partial charge in [-0.2, -0.15) is 0 Å². The first-order valence-corrected chi connectivity index (χ1v) is 8.32. The van der Waals surface area contributed by atoms with Crippen LogP contribution >= 0.6 is 12.4 Å². The van der Waals surface area contributed by atoms with Gasteiger partial charge in [-0.3, -0.25) is 4.79 Å². The maximum Gasteiger partial charge on any atom is 0.254 e. The van der Waals surface area contributed by atoms with Crippen molar-refractivity contribution >= 4 is 28.3 Å². The highest BCUT2D eigenvalue weighted by atomic mass is 35.5. The van der Waals surface area contributed by atoms with Crippen LogP contribution in [0.15, 0.2) is 29.2 Å². The van der Waals surface area contributed by atoms with Crippen molar-refractivity contribution in [1.29, 1.82) is 0 Å². The second kappa shape index (κ2) is 7.41. The summed E-state index contributed by atoms with van der Waals surface area (Å²) in [6.07, 6.45) is 0. The number of rotatable bonds is 3. The smallest absolute Gasteiger partial charge is 0.254 e. The summed E-state index contributed by atoms with van der Waals surface area (Å²) in [5.74, 6) is -0.0576. The van der Waals surface area contributed by atoms with Gasteiger partial charge in [-0.25, -0.2) is 12.7 Å². The van der Waals surface area contributed by atoms with Gasteiger partial charge < -0.3 is 10.2 Å². The minimum atomic E-state index is -3.46. The normalized spacial score (nSPS) is 18.9. The summed E-state index contributed by atoms with van der Waals surface area (Å²) in [7, 11) is -0.491. The minimum absolute atomic E-state index is 0. The third kappa shape index (κ3) is 3.78. The van der Waals surface area contributed by atoms with Crippen molar-refractivity contribution in [3.05, 3.63) is 29.8 Å². The van der Waals surface area contributed by atoms with E-state index in [-0.39, 0.29) is 29.3 Å². The minimum Gasteiger partial charge on any atom is -0.333 e. The van der Waals surface area contributed by atoms with Gasteiger partial charge in [0.15, 0.2) is 0 Å². The molecule has 0 radical (unpaired) electrons. The van der Waals surface area contributed by atoms with Gasteiger partial charge in [0.1, 0.15) is 0 Å². The summed E-state index contributed by atoms with van der Waals surface area (Å²) in [6, 6.07) is 6.25. The van der Waals surface area contributed by atoms with Crippen LogP contribution in [0.25, 0.3) is 0 Å². The van der Waals surface area contributed by atoms with Crippen LogP contribution in [-0.2, 0) is 10.0 Å². The molecule has 6 nitrogen and oxygen atoms in total. The number of sulfonamides is 1. The molecular formula is C14H22ClN3O3S. The lowest BCUT2D eigenvalue weighted by Gasteiger charge is -2.34. The molecule has 0 bridgehead atoms. The maximum absolute atomic E-state index is 12.4. The van der Waals surface area contributed by atoms with Crippen molar-refractivity contribution in [1.82, 2.24) is 14.5 Å². The van der Waals surface area contributed by atoms with Crippen LogP contribution in [0, 0.1) is 0 Å². The first kappa shape index (κ1) is 18.9. The fourth-order valence-corrected chi connectivity index (χ4v) is 3.19. The molecule has 1 aromatic rings. The van der Waals surface area contributed by atoms with Crippen LogP contribution in [0.2, 0.25) is 0 Å².